The zero-order valence-corrected chi connectivity index (χ0v) is 13.3. The van der Waals surface area contributed by atoms with E-state index in [1.165, 1.54) is 0 Å². The Kier molecular flexibility index (Phi) is 18.3. The number of hydrogen-bond donors (Lipinski definition) is 6. The van der Waals surface area contributed by atoms with E-state index in [2.05, 4.69) is 10.6 Å². The smallest absolute Gasteiger partial charge is 0.321 e. The molecular formula is C10H25N5O8. The van der Waals surface area contributed by atoms with E-state index in [1.54, 1.807) is 0 Å². The fraction of sp³-hybridized carbons (Fsp3) is 0.600. The average Bonchev–Trinajstić information content (AvgIpc) is 2.29. The molecule has 0 fully saturated rings. The second-order valence-corrected chi connectivity index (χ2v) is 3.82. The fourth-order valence-corrected chi connectivity index (χ4v) is 1.31. The second kappa shape index (κ2) is 14.6. The van der Waals surface area contributed by atoms with Crippen molar-refractivity contribution in [3.05, 3.63) is 0 Å². The molecule has 23 heavy (non-hydrogen) atoms. The minimum absolute atomic E-state index is 0. The first-order valence-electron chi connectivity index (χ1n) is 5.54. The van der Waals surface area contributed by atoms with Crippen LogP contribution in [0.4, 0.5) is 0 Å². The van der Waals surface area contributed by atoms with E-state index >= 15 is 0 Å². The van der Waals surface area contributed by atoms with Crippen molar-refractivity contribution in [3.8, 4) is 0 Å². The number of quaternary nitrogens is 3. The summed E-state index contributed by atoms with van der Waals surface area (Å²) in [6.45, 7) is -0.205. The molecule has 0 rings (SSSR count). The first-order valence-corrected chi connectivity index (χ1v) is 5.54. The molecule has 0 bridgehead atoms. The molecule has 0 aliphatic rings. The quantitative estimate of drug-likeness (QED) is 0.194. The van der Waals surface area contributed by atoms with E-state index in [4.69, 9.17) is 5.11 Å². The highest BCUT2D eigenvalue weighted by Crippen LogP contribution is 1.92. The van der Waals surface area contributed by atoms with Gasteiger partial charge < -0.3 is 63.9 Å². The van der Waals surface area contributed by atoms with Gasteiger partial charge in [-0.3, -0.25) is 4.79 Å². The zero-order chi connectivity index (χ0) is 15.7. The molecule has 0 unspecified atom stereocenters. The van der Waals surface area contributed by atoms with Crippen molar-refractivity contribution in [2.75, 3.05) is 13.1 Å². The molecule has 0 amide bonds. The Balaban J connectivity index is -0.000000602. The Labute approximate surface area is 131 Å². The van der Waals surface area contributed by atoms with Gasteiger partial charge in [-0.2, -0.15) is 0 Å². The number of nitrogens with one attached hydrogen (secondary N) is 2. The van der Waals surface area contributed by atoms with Crippen molar-refractivity contribution in [1.29, 1.82) is 0 Å². The number of carbonyl (C=O) groups excluding carboxylic acids is 3. The monoisotopic (exact) mass is 343 g/mol. The van der Waals surface area contributed by atoms with Gasteiger partial charge in [0.1, 0.15) is 6.04 Å². The number of hydrogen-bond acceptors (Lipinski definition) is 9. The van der Waals surface area contributed by atoms with Crippen LogP contribution in [-0.2, 0) is 19.2 Å². The lowest BCUT2D eigenvalue weighted by Gasteiger charge is -2.21. The molecule has 0 spiro atoms. The highest BCUT2D eigenvalue weighted by atomic mass is 16.4. The van der Waals surface area contributed by atoms with Gasteiger partial charge >= 0.3 is 5.97 Å². The predicted molar refractivity (Wildman–Crippen MR) is 73.4 cm³/mol. The minimum atomic E-state index is -1.64. The third kappa shape index (κ3) is 14.4. The van der Waals surface area contributed by atoms with E-state index in [0.29, 0.717) is 0 Å². The summed E-state index contributed by atoms with van der Waals surface area (Å²) in [7, 11) is 0. The van der Waals surface area contributed by atoms with Crippen molar-refractivity contribution in [2.24, 2.45) is 0 Å². The van der Waals surface area contributed by atoms with Gasteiger partial charge in [-0.1, -0.05) is 0 Å². The van der Waals surface area contributed by atoms with E-state index in [9.17, 15) is 34.5 Å². The summed E-state index contributed by atoms with van der Waals surface area (Å²) in [5.74, 6) is -6.18. The van der Waals surface area contributed by atoms with Crippen LogP contribution in [0, 0.1) is 0 Å². The second-order valence-electron chi connectivity index (χ2n) is 3.82. The normalized spacial score (nSPS) is 11.7. The van der Waals surface area contributed by atoms with Gasteiger partial charge in [0.05, 0.1) is 12.0 Å². The minimum Gasteiger partial charge on any atom is -0.550 e. The maximum Gasteiger partial charge on any atom is 0.321 e. The highest BCUT2D eigenvalue weighted by molar-refractivity contribution is 5.80. The molecule has 0 aliphatic carbocycles. The molecule has 0 aromatic rings. The average molecular weight is 343 g/mol. The molecule has 13 heteroatoms. The lowest BCUT2D eigenvalue weighted by molar-refractivity contribution is -0.317. The largest absolute Gasteiger partial charge is 0.550 e. The molecule has 0 aromatic heterocycles. The number of aliphatic carboxylic acids is 4. The fourth-order valence-electron chi connectivity index (χ4n) is 1.31. The van der Waals surface area contributed by atoms with E-state index in [0.717, 1.165) is 0 Å². The molecular weight excluding hydrogens is 318 g/mol. The van der Waals surface area contributed by atoms with Crippen LogP contribution in [0.25, 0.3) is 0 Å². The Morgan fingerprint density at radius 2 is 1.13 bits per heavy atom. The van der Waals surface area contributed by atoms with Gasteiger partial charge in [-0.25, -0.2) is 0 Å². The Bertz CT molecular complexity index is 355. The molecule has 0 heterocycles. The summed E-state index contributed by atoms with van der Waals surface area (Å²) in [6.07, 6.45) is -1.55. The standard InChI is InChI=1S/C10H16N2O8.3H3N/c13-7(14)3-5(9(17)18)11-1-2-12-6(10(19)20)4-8(15)16;;;/h5-6,11-12H,1-4H2,(H,13,14)(H,15,16)(H,17,18)(H,19,20);3*1H3/t5-,6-;;;/m0.../s1. The van der Waals surface area contributed by atoms with Crippen LogP contribution in [0.5, 0.6) is 0 Å². The summed E-state index contributed by atoms with van der Waals surface area (Å²) in [4.78, 5) is 41.7. The molecule has 2 atom stereocenters. The van der Waals surface area contributed by atoms with Crippen molar-refractivity contribution in [1.82, 2.24) is 29.1 Å². The van der Waals surface area contributed by atoms with Crippen molar-refractivity contribution < 1.29 is 39.6 Å². The third-order valence-electron chi connectivity index (χ3n) is 2.23. The lowest BCUT2D eigenvalue weighted by atomic mass is 10.2. The maximum atomic E-state index is 10.7. The zero-order valence-electron chi connectivity index (χ0n) is 13.3. The number of carbonyl (C=O) groups is 4. The highest BCUT2D eigenvalue weighted by Gasteiger charge is 2.16. The number of rotatable bonds is 11. The Morgan fingerprint density at radius 3 is 1.43 bits per heavy atom. The summed E-state index contributed by atoms with van der Waals surface area (Å²) >= 11 is 0. The van der Waals surface area contributed by atoms with Crippen LogP contribution >= 0.6 is 0 Å². The number of carboxylic acid groups (broad SMARTS) is 4. The van der Waals surface area contributed by atoms with Gasteiger partial charge in [0.25, 0.3) is 0 Å². The molecule has 0 saturated heterocycles. The van der Waals surface area contributed by atoms with Crippen molar-refractivity contribution >= 4 is 23.9 Å². The first kappa shape index (κ1) is 28.8. The van der Waals surface area contributed by atoms with E-state index in [1.807, 2.05) is 0 Å². The maximum absolute atomic E-state index is 10.7. The molecule has 138 valence electrons. The summed E-state index contributed by atoms with van der Waals surface area (Å²) in [6, 6.07) is -2.87. The molecule has 0 aliphatic heterocycles. The molecule has 0 radical (unpaired) electrons. The summed E-state index contributed by atoms with van der Waals surface area (Å²) < 4.78 is 0. The van der Waals surface area contributed by atoms with Gasteiger partial charge in [0.15, 0.2) is 0 Å². The van der Waals surface area contributed by atoms with E-state index < -0.39 is 48.8 Å². The van der Waals surface area contributed by atoms with Crippen LogP contribution in [-0.4, -0.2) is 54.2 Å². The molecule has 0 aromatic carbocycles. The van der Waals surface area contributed by atoms with Crippen molar-refractivity contribution in [2.45, 2.75) is 24.9 Å². The molecule has 0 saturated carbocycles. The summed E-state index contributed by atoms with van der Waals surface area (Å²) in [5.41, 5.74) is 0. The van der Waals surface area contributed by atoms with Crippen LogP contribution in [0.2, 0.25) is 0 Å². The topological polar surface area (TPSA) is 291 Å². The van der Waals surface area contributed by atoms with Crippen LogP contribution < -0.4 is 44.4 Å². The van der Waals surface area contributed by atoms with Crippen LogP contribution in [0.1, 0.15) is 12.8 Å². The third-order valence-corrected chi connectivity index (χ3v) is 2.23. The SMILES string of the molecule is O=C([O-])C[C@H](NCCN[C@@H](CC(=O)[O-])C(=O)O)C(=O)[O-].[NH4+].[NH4+].[NH4+]. The van der Waals surface area contributed by atoms with Crippen molar-refractivity contribution in [3.63, 3.8) is 0 Å². The lowest BCUT2D eigenvalue weighted by Crippen LogP contribution is -2.51. The summed E-state index contributed by atoms with van der Waals surface area (Å²) in [5, 5.41) is 44.4. The number of carboxylic acids is 4. The van der Waals surface area contributed by atoms with Crippen LogP contribution in [0.15, 0.2) is 0 Å². The Hall–Kier alpha value is -2.32. The molecule has 13 nitrogen and oxygen atoms in total. The molecule has 15 N–H and O–H groups in total. The van der Waals surface area contributed by atoms with Gasteiger partial charge in [-0.05, 0) is 0 Å². The van der Waals surface area contributed by atoms with Crippen LogP contribution in [0.3, 0.4) is 0 Å². The van der Waals surface area contributed by atoms with Gasteiger partial charge in [-0.15, -0.1) is 0 Å². The first-order chi connectivity index (χ1) is 9.23. The van der Waals surface area contributed by atoms with Gasteiger partial charge in [0.2, 0.25) is 0 Å². The Morgan fingerprint density at radius 1 is 0.783 bits per heavy atom. The van der Waals surface area contributed by atoms with Gasteiger partial charge in [0, 0.05) is 37.9 Å². The van der Waals surface area contributed by atoms with E-state index in [-0.39, 0.29) is 31.5 Å². The predicted octanol–water partition coefficient (Wildman–Crippen LogP) is -4.85.